The van der Waals surface area contributed by atoms with Crippen LogP contribution in [-0.2, 0) is 11.2 Å². The SMILES string of the molecule is CCc1cc(Nc2ncn(-c3ccc(C#N)cc3)n2)cc(N2CCN(C3COC3)CC2)c1. The van der Waals surface area contributed by atoms with E-state index in [1.807, 2.05) is 12.1 Å². The van der Waals surface area contributed by atoms with Gasteiger partial charge >= 0.3 is 0 Å². The third-order valence-corrected chi connectivity index (χ3v) is 6.21. The van der Waals surface area contributed by atoms with Gasteiger partial charge in [0.2, 0.25) is 5.95 Å². The van der Waals surface area contributed by atoms with Gasteiger partial charge in [0.05, 0.1) is 36.6 Å². The second-order valence-corrected chi connectivity index (χ2v) is 8.25. The molecule has 8 nitrogen and oxygen atoms in total. The molecule has 0 spiro atoms. The smallest absolute Gasteiger partial charge is 0.246 e. The summed E-state index contributed by atoms with van der Waals surface area (Å²) in [5.74, 6) is 0.545. The van der Waals surface area contributed by atoms with Crippen LogP contribution >= 0.6 is 0 Å². The van der Waals surface area contributed by atoms with E-state index in [2.05, 4.69) is 56.4 Å². The molecule has 2 aliphatic heterocycles. The van der Waals surface area contributed by atoms with Crippen LogP contribution in [0.4, 0.5) is 17.3 Å². The van der Waals surface area contributed by atoms with Gasteiger partial charge in [-0.25, -0.2) is 4.68 Å². The number of nitrogens with one attached hydrogen (secondary N) is 1. The Morgan fingerprint density at radius 2 is 1.84 bits per heavy atom. The van der Waals surface area contributed by atoms with Crippen molar-refractivity contribution in [1.29, 1.82) is 5.26 Å². The number of piperazine rings is 1. The van der Waals surface area contributed by atoms with Crippen LogP contribution in [0.25, 0.3) is 5.69 Å². The predicted octanol–water partition coefficient (Wildman–Crippen LogP) is 2.97. The molecule has 0 amide bonds. The number of aromatic nitrogens is 3. The van der Waals surface area contributed by atoms with Gasteiger partial charge in [0, 0.05) is 37.6 Å². The lowest BCUT2D eigenvalue weighted by atomic mass is 10.1. The third-order valence-electron chi connectivity index (χ3n) is 6.21. The van der Waals surface area contributed by atoms with Crippen molar-refractivity contribution in [2.75, 3.05) is 49.6 Å². The molecule has 5 rings (SSSR count). The summed E-state index contributed by atoms with van der Waals surface area (Å²) in [4.78, 5) is 9.42. The van der Waals surface area contributed by atoms with E-state index < -0.39 is 0 Å². The second kappa shape index (κ2) is 8.99. The molecule has 3 heterocycles. The van der Waals surface area contributed by atoms with E-state index in [9.17, 15) is 0 Å². The van der Waals surface area contributed by atoms with E-state index in [0.29, 0.717) is 17.6 Å². The minimum absolute atomic E-state index is 0.545. The summed E-state index contributed by atoms with van der Waals surface area (Å²) in [6.07, 6.45) is 2.65. The fourth-order valence-electron chi connectivity index (χ4n) is 4.17. The molecule has 0 unspecified atom stereocenters. The maximum atomic E-state index is 8.97. The van der Waals surface area contributed by atoms with Crippen LogP contribution in [0, 0.1) is 11.3 Å². The van der Waals surface area contributed by atoms with Gasteiger partial charge in [-0.05, 0) is 54.4 Å². The van der Waals surface area contributed by atoms with Gasteiger partial charge in [-0.2, -0.15) is 10.2 Å². The lowest BCUT2D eigenvalue weighted by Crippen LogP contribution is -2.56. The Morgan fingerprint density at radius 1 is 1.06 bits per heavy atom. The normalized spacial score (nSPS) is 17.1. The summed E-state index contributed by atoms with van der Waals surface area (Å²) >= 11 is 0. The van der Waals surface area contributed by atoms with Crippen molar-refractivity contribution >= 4 is 17.3 Å². The van der Waals surface area contributed by atoms with Crippen molar-refractivity contribution in [2.45, 2.75) is 19.4 Å². The van der Waals surface area contributed by atoms with Crippen LogP contribution < -0.4 is 10.2 Å². The monoisotopic (exact) mass is 429 g/mol. The van der Waals surface area contributed by atoms with Gasteiger partial charge < -0.3 is 15.0 Å². The van der Waals surface area contributed by atoms with Gasteiger partial charge in [-0.3, -0.25) is 4.90 Å². The number of nitrogens with zero attached hydrogens (tertiary/aromatic N) is 6. The quantitative estimate of drug-likeness (QED) is 0.645. The van der Waals surface area contributed by atoms with E-state index in [4.69, 9.17) is 10.00 Å². The predicted molar refractivity (Wildman–Crippen MR) is 124 cm³/mol. The molecule has 32 heavy (non-hydrogen) atoms. The van der Waals surface area contributed by atoms with Gasteiger partial charge in [-0.15, -0.1) is 5.10 Å². The lowest BCUT2D eigenvalue weighted by molar-refractivity contribution is -0.0660. The minimum atomic E-state index is 0.545. The summed E-state index contributed by atoms with van der Waals surface area (Å²) in [5.41, 5.74) is 5.00. The van der Waals surface area contributed by atoms with Crippen LogP contribution in [0.1, 0.15) is 18.1 Å². The number of hydrogen-bond donors (Lipinski definition) is 1. The Balaban J connectivity index is 1.30. The van der Waals surface area contributed by atoms with Crippen LogP contribution in [0.15, 0.2) is 48.8 Å². The minimum Gasteiger partial charge on any atom is -0.378 e. The molecule has 2 aromatic carbocycles. The molecule has 8 heteroatoms. The molecule has 2 saturated heterocycles. The van der Waals surface area contributed by atoms with E-state index >= 15 is 0 Å². The Kier molecular flexibility index (Phi) is 5.75. The maximum absolute atomic E-state index is 8.97. The first-order chi connectivity index (χ1) is 15.7. The molecular formula is C24H27N7O. The van der Waals surface area contributed by atoms with E-state index in [-0.39, 0.29) is 0 Å². The maximum Gasteiger partial charge on any atom is 0.246 e. The zero-order chi connectivity index (χ0) is 21.9. The standard InChI is InChI=1S/C24H27N7O/c1-2-18-11-20(13-22(12-18)29-7-9-30(10-8-29)23-15-32-16-23)27-24-26-17-31(28-24)21-5-3-19(14-25)4-6-21/h3-6,11-13,17,23H,2,7-10,15-16H2,1H3,(H,27,28). The van der Waals surface area contributed by atoms with Gasteiger partial charge in [0.15, 0.2) is 0 Å². The molecule has 2 fully saturated rings. The highest BCUT2D eigenvalue weighted by molar-refractivity contribution is 5.64. The molecule has 164 valence electrons. The molecule has 0 aliphatic carbocycles. The first kappa shape index (κ1) is 20.5. The molecule has 1 N–H and O–H groups in total. The number of anilines is 3. The van der Waals surface area contributed by atoms with Crippen molar-refractivity contribution in [2.24, 2.45) is 0 Å². The molecule has 1 aromatic heterocycles. The Bertz CT molecular complexity index is 1110. The molecule has 0 bridgehead atoms. The lowest BCUT2D eigenvalue weighted by Gasteiger charge is -2.43. The van der Waals surface area contributed by atoms with Crippen LogP contribution in [0.2, 0.25) is 0 Å². The summed E-state index contributed by atoms with van der Waals surface area (Å²) < 4.78 is 7.06. The van der Waals surface area contributed by atoms with Gasteiger partial charge in [0.25, 0.3) is 0 Å². The highest BCUT2D eigenvalue weighted by Crippen LogP contribution is 2.26. The van der Waals surface area contributed by atoms with Gasteiger partial charge in [-0.1, -0.05) is 6.92 Å². The largest absolute Gasteiger partial charge is 0.378 e. The summed E-state index contributed by atoms with van der Waals surface area (Å²) in [5, 5.41) is 16.9. The summed E-state index contributed by atoms with van der Waals surface area (Å²) in [6, 6.07) is 16.6. The number of hydrogen-bond acceptors (Lipinski definition) is 7. The van der Waals surface area contributed by atoms with E-state index in [1.165, 1.54) is 11.3 Å². The number of aryl methyl sites for hydroxylation is 1. The van der Waals surface area contributed by atoms with Crippen LogP contribution in [-0.4, -0.2) is 65.1 Å². The number of benzene rings is 2. The molecule has 2 aliphatic rings. The average Bonchev–Trinajstić information content (AvgIpc) is 3.26. The molecular weight excluding hydrogens is 402 g/mol. The second-order valence-electron chi connectivity index (χ2n) is 8.25. The highest BCUT2D eigenvalue weighted by atomic mass is 16.5. The third kappa shape index (κ3) is 4.31. The number of rotatable bonds is 6. The first-order valence-electron chi connectivity index (χ1n) is 11.1. The number of ether oxygens (including phenoxy) is 1. The Labute approximate surface area is 188 Å². The van der Waals surface area contributed by atoms with Crippen molar-refractivity contribution in [1.82, 2.24) is 19.7 Å². The summed E-state index contributed by atoms with van der Waals surface area (Å²) in [7, 11) is 0. The summed E-state index contributed by atoms with van der Waals surface area (Å²) in [6.45, 7) is 8.12. The van der Waals surface area contributed by atoms with Crippen LogP contribution in [0.3, 0.4) is 0 Å². The zero-order valence-electron chi connectivity index (χ0n) is 18.2. The van der Waals surface area contributed by atoms with E-state index in [0.717, 1.165) is 57.2 Å². The van der Waals surface area contributed by atoms with Crippen molar-refractivity contribution in [3.63, 3.8) is 0 Å². The first-order valence-corrected chi connectivity index (χ1v) is 11.1. The molecule has 0 saturated carbocycles. The van der Waals surface area contributed by atoms with Crippen molar-refractivity contribution in [3.8, 4) is 11.8 Å². The Hall–Kier alpha value is -3.41. The van der Waals surface area contributed by atoms with Crippen LogP contribution in [0.5, 0.6) is 0 Å². The zero-order valence-corrected chi connectivity index (χ0v) is 18.2. The number of nitriles is 1. The fraction of sp³-hybridized carbons (Fsp3) is 0.375. The average molecular weight is 430 g/mol. The van der Waals surface area contributed by atoms with Crippen molar-refractivity contribution in [3.05, 3.63) is 59.9 Å². The highest BCUT2D eigenvalue weighted by Gasteiger charge is 2.29. The molecule has 0 radical (unpaired) electrons. The fourth-order valence-corrected chi connectivity index (χ4v) is 4.17. The molecule has 0 atom stereocenters. The van der Waals surface area contributed by atoms with Crippen molar-refractivity contribution < 1.29 is 4.74 Å². The topological polar surface area (TPSA) is 82.2 Å². The molecule has 3 aromatic rings. The van der Waals surface area contributed by atoms with Gasteiger partial charge in [0.1, 0.15) is 6.33 Å². The Morgan fingerprint density at radius 3 is 2.50 bits per heavy atom. The van der Waals surface area contributed by atoms with E-state index in [1.54, 1.807) is 23.1 Å².